The zero-order chi connectivity index (χ0) is 18.7. The van der Waals surface area contributed by atoms with Crippen molar-refractivity contribution in [2.75, 3.05) is 18.6 Å². The van der Waals surface area contributed by atoms with Crippen molar-refractivity contribution in [2.45, 2.75) is 12.8 Å². The van der Waals surface area contributed by atoms with Gasteiger partial charge in [-0.05, 0) is 60.5 Å². The van der Waals surface area contributed by atoms with Crippen molar-refractivity contribution < 1.29 is 19.4 Å². The number of anilines is 1. The van der Waals surface area contributed by atoms with Crippen molar-refractivity contribution in [3.63, 3.8) is 0 Å². The van der Waals surface area contributed by atoms with E-state index >= 15 is 0 Å². The van der Waals surface area contributed by atoms with E-state index in [2.05, 4.69) is 15.9 Å². The Morgan fingerprint density at radius 1 is 1.27 bits per heavy atom. The van der Waals surface area contributed by atoms with Crippen LogP contribution in [0.5, 0.6) is 11.5 Å². The van der Waals surface area contributed by atoms with Crippen molar-refractivity contribution in [1.82, 2.24) is 0 Å². The first kappa shape index (κ1) is 18.2. The Morgan fingerprint density at radius 2 is 2.00 bits per heavy atom. The molecule has 0 unspecified atom stereocenters. The van der Waals surface area contributed by atoms with Crippen molar-refractivity contribution in [1.29, 1.82) is 0 Å². The SMILES string of the molecule is COc1cc(/C=C/C(=O)c2ccc(N3CCCC3=O)cc2)c(Br)cc1O. The summed E-state index contributed by atoms with van der Waals surface area (Å²) < 4.78 is 5.74. The van der Waals surface area contributed by atoms with E-state index in [0.717, 1.165) is 18.7 Å². The largest absolute Gasteiger partial charge is 0.504 e. The molecule has 1 saturated heterocycles. The van der Waals surface area contributed by atoms with Gasteiger partial charge in [0, 0.05) is 28.7 Å². The molecule has 1 heterocycles. The van der Waals surface area contributed by atoms with E-state index < -0.39 is 0 Å². The quantitative estimate of drug-likeness (QED) is 0.587. The van der Waals surface area contributed by atoms with Crippen LogP contribution in [0.15, 0.2) is 46.9 Å². The molecule has 0 atom stereocenters. The van der Waals surface area contributed by atoms with Crippen molar-refractivity contribution in [3.05, 3.63) is 58.1 Å². The molecule has 0 bridgehead atoms. The summed E-state index contributed by atoms with van der Waals surface area (Å²) >= 11 is 3.35. The molecule has 0 aromatic heterocycles. The highest BCUT2D eigenvalue weighted by Gasteiger charge is 2.21. The topological polar surface area (TPSA) is 66.8 Å². The smallest absolute Gasteiger partial charge is 0.227 e. The van der Waals surface area contributed by atoms with Gasteiger partial charge in [-0.25, -0.2) is 0 Å². The maximum Gasteiger partial charge on any atom is 0.227 e. The summed E-state index contributed by atoms with van der Waals surface area (Å²) in [5.41, 5.74) is 2.07. The zero-order valence-electron chi connectivity index (χ0n) is 14.2. The molecule has 134 valence electrons. The van der Waals surface area contributed by atoms with Crippen LogP contribution < -0.4 is 9.64 Å². The fourth-order valence-corrected chi connectivity index (χ4v) is 3.30. The molecule has 0 saturated carbocycles. The molecule has 6 heteroatoms. The Kier molecular flexibility index (Phi) is 5.42. The third-order valence-corrected chi connectivity index (χ3v) is 4.94. The number of ketones is 1. The molecule has 2 aromatic carbocycles. The molecule has 1 fully saturated rings. The maximum absolute atomic E-state index is 12.4. The van der Waals surface area contributed by atoms with Crippen LogP contribution in [0.1, 0.15) is 28.8 Å². The second-order valence-electron chi connectivity index (χ2n) is 5.94. The van der Waals surface area contributed by atoms with Crippen LogP contribution in [0.2, 0.25) is 0 Å². The van der Waals surface area contributed by atoms with E-state index in [9.17, 15) is 14.7 Å². The normalized spacial score (nSPS) is 14.2. The van der Waals surface area contributed by atoms with Gasteiger partial charge in [0.1, 0.15) is 0 Å². The third kappa shape index (κ3) is 3.80. The van der Waals surface area contributed by atoms with Gasteiger partial charge in [0.25, 0.3) is 0 Å². The number of aromatic hydroxyl groups is 1. The molecule has 1 N–H and O–H groups in total. The van der Waals surface area contributed by atoms with Gasteiger partial charge in [0.15, 0.2) is 17.3 Å². The number of carbonyl (C=O) groups excluding carboxylic acids is 2. The summed E-state index contributed by atoms with van der Waals surface area (Å²) in [5, 5.41) is 9.73. The lowest BCUT2D eigenvalue weighted by atomic mass is 10.1. The Balaban J connectivity index is 1.76. The number of amides is 1. The standard InChI is InChI=1S/C20H18BrNO4/c1-26-19-11-14(16(21)12-18(19)24)6-9-17(23)13-4-7-15(8-5-13)22-10-2-3-20(22)25/h4-9,11-12,24H,2-3,10H2,1H3/b9-6+. The summed E-state index contributed by atoms with van der Waals surface area (Å²) in [7, 11) is 1.47. The average molecular weight is 416 g/mol. The number of benzene rings is 2. The van der Waals surface area contributed by atoms with Gasteiger partial charge in [0.05, 0.1) is 7.11 Å². The van der Waals surface area contributed by atoms with Gasteiger partial charge in [-0.3, -0.25) is 9.59 Å². The van der Waals surface area contributed by atoms with E-state index in [1.807, 2.05) is 0 Å². The molecule has 0 radical (unpaired) electrons. The minimum Gasteiger partial charge on any atom is -0.504 e. The number of hydrogen-bond donors (Lipinski definition) is 1. The lowest BCUT2D eigenvalue weighted by molar-refractivity contribution is -0.117. The summed E-state index contributed by atoms with van der Waals surface area (Å²) in [6.07, 6.45) is 4.57. The minimum atomic E-state index is -0.150. The second-order valence-corrected chi connectivity index (χ2v) is 6.79. The summed E-state index contributed by atoms with van der Waals surface area (Å²) in [4.78, 5) is 25.9. The van der Waals surface area contributed by atoms with Crippen LogP contribution in [0.4, 0.5) is 5.69 Å². The number of allylic oxidation sites excluding steroid dienone is 1. The molecule has 3 rings (SSSR count). The van der Waals surface area contributed by atoms with Crippen LogP contribution in [0, 0.1) is 0 Å². The second kappa shape index (κ2) is 7.74. The van der Waals surface area contributed by atoms with Gasteiger partial charge in [-0.2, -0.15) is 0 Å². The fraction of sp³-hybridized carbons (Fsp3) is 0.200. The number of rotatable bonds is 5. The molecule has 0 aliphatic carbocycles. The Hall–Kier alpha value is -2.60. The van der Waals surface area contributed by atoms with E-state index in [-0.39, 0.29) is 17.4 Å². The number of hydrogen-bond acceptors (Lipinski definition) is 4. The number of halogens is 1. The number of phenolic OH excluding ortho intramolecular Hbond substituents is 1. The number of carbonyl (C=O) groups is 2. The molecule has 26 heavy (non-hydrogen) atoms. The summed E-state index contributed by atoms with van der Waals surface area (Å²) in [5.74, 6) is 0.327. The molecule has 1 aliphatic heterocycles. The van der Waals surface area contributed by atoms with Gasteiger partial charge < -0.3 is 14.7 Å². The first-order chi connectivity index (χ1) is 12.5. The fourth-order valence-electron chi connectivity index (χ4n) is 2.84. The minimum absolute atomic E-state index is 0.0231. The van der Waals surface area contributed by atoms with Crippen molar-refractivity contribution in [2.24, 2.45) is 0 Å². The molecule has 0 spiro atoms. The lowest BCUT2D eigenvalue weighted by Gasteiger charge is -2.15. The van der Waals surface area contributed by atoms with E-state index in [1.54, 1.807) is 41.3 Å². The van der Waals surface area contributed by atoms with Crippen LogP contribution in [0.3, 0.4) is 0 Å². The lowest BCUT2D eigenvalue weighted by Crippen LogP contribution is -2.23. The number of phenols is 1. The van der Waals surface area contributed by atoms with Crippen LogP contribution in [0.25, 0.3) is 6.08 Å². The van der Waals surface area contributed by atoms with Crippen molar-refractivity contribution >= 4 is 39.4 Å². The number of methoxy groups -OCH3 is 1. The third-order valence-electron chi connectivity index (χ3n) is 4.25. The van der Waals surface area contributed by atoms with Crippen LogP contribution in [-0.2, 0) is 4.79 Å². The monoisotopic (exact) mass is 415 g/mol. The Morgan fingerprint density at radius 3 is 2.62 bits per heavy atom. The van der Waals surface area contributed by atoms with Gasteiger partial charge in [-0.15, -0.1) is 0 Å². The van der Waals surface area contributed by atoms with E-state index in [0.29, 0.717) is 27.8 Å². The summed E-state index contributed by atoms with van der Waals surface area (Å²) in [6, 6.07) is 10.2. The maximum atomic E-state index is 12.4. The molecule has 2 aromatic rings. The van der Waals surface area contributed by atoms with Crippen LogP contribution >= 0.6 is 15.9 Å². The van der Waals surface area contributed by atoms with Crippen LogP contribution in [-0.4, -0.2) is 30.5 Å². The Bertz CT molecular complexity index is 874. The molecule has 5 nitrogen and oxygen atoms in total. The number of nitrogens with zero attached hydrogens (tertiary/aromatic N) is 1. The van der Waals surface area contributed by atoms with Crippen molar-refractivity contribution in [3.8, 4) is 11.5 Å². The van der Waals surface area contributed by atoms with E-state index in [4.69, 9.17) is 4.74 Å². The first-order valence-electron chi connectivity index (χ1n) is 8.19. The highest BCUT2D eigenvalue weighted by Crippen LogP contribution is 2.33. The first-order valence-corrected chi connectivity index (χ1v) is 8.98. The van der Waals surface area contributed by atoms with Gasteiger partial charge in [-0.1, -0.05) is 15.9 Å². The Labute approximate surface area is 160 Å². The summed E-state index contributed by atoms with van der Waals surface area (Å²) in [6.45, 7) is 0.725. The predicted molar refractivity (Wildman–Crippen MR) is 104 cm³/mol. The molecule has 1 aliphatic rings. The predicted octanol–water partition coefficient (Wildman–Crippen LogP) is 4.19. The number of ether oxygens (including phenoxy) is 1. The van der Waals surface area contributed by atoms with Gasteiger partial charge in [0.2, 0.25) is 5.91 Å². The zero-order valence-corrected chi connectivity index (χ0v) is 15.8. The highest BCUT2D eigenvalue weighted by atomic mass is 79.9. The highest BCUT2D eigenvalue weighted by molar-refractivity contribution is 9.10. The molecular formula is C20H18BrNO4. The molecule has 1 amide bonds. The van der Waals surface area contributed by atoms with Gasteiger partial charge >= 0.3 is 0 Å². The average Bonchev–Trinajstić information content (AvgIpc) is 3.07. The molecular weight excluding hydrogens is 398 g/mol. The van der Waals surface area contributed by atoms with E-state index in [1.165, 1.54) is 19.3 Å².